The van der Waals surface area contributed by atoms with Crippen LogP contribution in [0.4, 0.5) is 0 Å². The molecule has 0 aliphatic carbocycles. The maximum atomic E-state index is 3.47. The Morgan fingerprint density at radius 3 is 2.44 bits per heavy atom. The minimum absolute atomic E-state index is 0.733. The third-order valence-corrected chi connectivity index (χ3v) is 3.14. The van der Waals surface area contributed by atoms with Crippen molar-refractivity contribution in [2.24, 2.45) is 5.92 Å². The molecular weight excluding hydrogens is 218 g/mol. The van der Waals surface area contributed by atoms with Crippen LogP contribution in [0, 0.1) is 5.92 Å². The van der Waals surface area contributed by atoms with Gasteiger partial charge in [0.15, 0.2) is 0 Å². The van der Waals surface area contributed by atoms with Gasteiger partial charge in [-0.2, -0.15) is 0 Å². The quantitative estimate of drug-likeness (QED) is 0.707. The molecule has 0 aromatic heterocycles. The van der Waals surface area contributed by atoms with Crippen LogP contribution in [-0.2, 0) is 6.42 Å². The summed E-state index contributed by atoms with van der Waals surface area (Å²) in [5.74, 6) is 0.733. The van der Waals surface area contributed by atoms with Crippen LogP contribution in [-0.4, -0.2) is 13.1 Å². The van der Waals surface area contributed by atoms with Gasteiger partial charge in [-0.25, -0.2) is 0 Å². The first-order valence-corrected chi connectivity index (χ1v) is 7.10. The molecule has 1 aromatic rings. The van der Waals surface area contributed by atoms with Gasteiger partial charge in [0.2, 0.25) is 0 Å². The Bertz CT molecular complexity index is 360. The van der Waals surface area contributed by atoms with E-state index >= 15 is 0 Å². The van der Waals surface area contributed by atoms with Crippen molar-refractivity contribution in [2.45, 2.75) is 40.5 Å². The van der Waals surface area contributed by atoms with E-state index in [4.69, 9.17) is 0 Å². The van der Waals surface area contributed by atoms with Crippen LogP contribution in [0.2, 0.25) is 0 Å². The van der Waals surface area contributed by atoms with Crippen molar-refractivity contribution in [1.29, 1.82) is 0 Å². The highest BCUT2D eigenvalue weighted by Gasteiger charge is 1.96. The van der Waals surface area contributed by atoms with Gasteiger partial charge in [-0.15, -0.1) is 0 Å². The fourth-order valence-corrected chi connectivity index (χ4v) is 1.90. The van der Waals surface area contributed by atoms with Crippen molar-refractivity contribution in [3.05, 3.63) is 41.5 Å². The Kier molecular flexibility index (Phi) is 6.74. The van der Waals surface area contributed by atoms with E-state index in [9.17, 15) is 0 Å². The van der Waals surface area contributed by atoms with Gasteiger partial charge in [0, 0.05) is 0 Å². The predicted molar refractivity (Wildman–Crippen MR) is 81.8 cm³/mol. The number of benzene rings is 1. The summed E-state index contributed by atoms with van der Waals surface area (Å²) in [6.07, 6.45) is 4.55. The standard InChI is InChI=1S/C17H27N/c1-5-16-8-10-17(11-9-16)15(4)7-6-12-18-13-14(2)3/h7-11,14,18H,5-6,12-13H2,1-4H3. The van der Waals surface area contributed by atoms with Crippen LogP contribution < -0.4 is 5.32 Å². The average Bonchev–Trinajstić information content (AvgIpc) is 2.38. The third-order valence-electron chi connectivity index (χ3n) is 3.14. The Balaban J connectivity index is 2.40. The number of rotatable bonds is 7. The van der Waals surface area contributed by atoms with Gasteiger partial charge in [-0.1, -0.05) is 51.1 Å². The Morgan fingerprint density at radius 2 is 1.89 bits per heavy atom. The summed E-state index contributed by atoms with van der Waals surface area (Å²) in [4.78, 5) is 0. The molecule has 0 bridgehead atoms. The second kappa shape index (κ2) is 8.10. The minimum atomic E-state index is 0.733. The number of aryl methyl sites for hydroxylation is 1. The fourth-order valence-electron chi connectivity index (χ4n) is 1.90. The monoisotopic (exact) mass is 245 g/mol. The zero-order valence-electron chi connectivity index (χ0n) is 12.3. The fraction of sp³-hybridized carbons (Fsp3) is 0.529. The number of hydrogen-bond acceptors (Lipinski definition) is 1. The third kappa shape index (κ3) is 5.50. The molecular formula is C17H27N. The highest BCUT2D eigenvalue weighted by atomic mass is 14.8. The Morgan fingerprint density at radius 1 is 1.22 bits per heavy atom. The molecule has 18 heavy (non-hydrogen) atoms. The van der Waals surface area contributed by atoms with Crippen molar-refractivity contribution in [2.75, 3.05) is 13.1 Å². The summed E-state index contributed by atoms with van der Waals surface area (Å²) in [6.45, 7) is 11.1. The molecule has 0 amide bonds. The van der Waals surface area contributed by atoms with Gasteiger partial charge in [-0.05, 0) is 55.5 Å². The van der Waals surface area contributed by atoms with E-state index in [1.165, 1.54) is 16.7 Å². The summed E-state index contributed by atoms with van der Waals surface area (Å²) in [5.41, 5.74) is 4.13. The highest BCUT2D eigenvalue weighted by molar-refractivity contribution is 5.63. The number of nitrogens with one attached hydrogen (secondary N) is 1. The molecule has 1 rings (SSSR count). The van der Waals surface area contributed by atoms with Gasteiger partial charge >= 0.3 is 0 Å². The van der Waals surface area contributed by atoms with E-state index in [-0.39, 0.29) is 0 Å². The van der Waals surface area contributed by atoms with E-state index in [2.05, 4.69) is 63.4 Å². The first-order chi connectivity index (χ1) is 8.63. The topological polar surface area (TPSA) is 12.0 Å². The molecule has 1 nitrogen and oxygen atoms in total. The van der Waals surface area contributed by atoms with Crippen LogP contribution in [0.1, 0.15) is 45.2 Å². The van der Waals surface area contributed by atoms with Crippen LogP contribution >= 0.6 is 0 Å². The normalized spacial score (nSPS) is 12.2. The first kappa shape index (κ1) is 15.0. The molecule has 0 atom stereocenters. The van der Waals surface area contributed by atoms with Gasteiger partial charge in [0.1, 0.15) is 0 Å². The van der Waals surface area contributed by atoms with Crippen molar-refractivity contribution >= 4 is 5.57 Å². The van der Waals surface area contributed by atoms with Crippen LogP contribution in [0.5, 0.6) is 0 Å². The molecule has 0 unspecified atom stereocenters. The van der Waals surface area contributed by atoms with Gasteiger partial charge in [0.05, 0.1) is 0 Å². The molecule has 0 fully saturated rings. The van der Waals surface area contributed by atoms with Gasteiger partial charge in [-0.3, -0.25) is 0 Å². The van der Waals surface area contributed by atoms with Crippen molar-refractivity contribution in [3.63, 3.8) is 0 Å². The molecule has 0 saturated heterocycles. The molecule has 1 aromatic carbocycles. The smallest absolute Gasteiger partial charge is 0.00139 e. The zero-order chi connectivity index (χ0) is 13.4. The molecule has 0 heterocycles. The lowest BCUT2D eigenvalue weighted by atomic mass is 10.0. The van der Waals surface area contributed by atoms with E-state index in [0.717, 1.165) is 31.8 Å². The molecule has 100 valence electrons. The molecule has 0 radical (unpaired) electrons. The first-order valence-electron chi connectivity index (χ1n) is 7.10. The molecule has 0 aliphatic heterocycles. The summed E-state index contributed by atoms with van der Waals surface area (Å²) < 4.78 is 0. The highest BCUT2D eigenvalue weighted by Crippen LogP contribution is 2.15. The SMILES string of the molecule is CCc1ccc(C(C)=CCCNCC(C)C)cc1. The maximum absolute atomic E-state index is 3.47. The predicted octanol–water partition coefficient (Wildman–Crippen LogP) is 4.29. The van der Waals surface area contributed by atoms with Crippen molar-refractivity contribution < 1.29 is 0 Å². The van der Waals surface area contributed by atoms with Crippen molar-refractivity contribution in [3.8, 4) is 0 Å². The zero-order valence-corrected chi connectivity index (χ0v) is 12.3. The molecule has 1 N–H and O–H groups in total. The molecule has 1 heteroatoms. The van der Waals surface area contributed by atoms with Gasteiger partial charge in [0.25, 0.3) is 0 Å². The second-order valence-corrected chi connectivity index (χ2v) is 5.32. The van der Waals surface area contributed by atoms with Crippen LogP contribution in [0.3, 0.4) is 0 Å². The number of allylic oxidation sites excluding steroid dienone is 1. The number of hydrogen-bond donors (Lipinski definition) is 1. The van der Waals surface area contributed by atoms with Crippen molar-refractivity contribution in [1.82, 2.24) is 5.32 Å². The molecule has 0 saturated carbocycles. The lowest BCUT2D eigenvalue weighted by Crippen LogP contribution is -2.20. The molecule has 0 aliphatic rings. The lowest BCUT2D eigenvalue weighted by Gasteiger charge is -2.06. The maximum Gasteiger partial charge on any atom is -0.00139 e. The summed E-state index contributed by atoms with van der Waals surface area (Å²) in [6, 6.07) is 8.91. The van der Waals surface area contributed by atoms with E-state index in [1.54, 1.807) is 0 Å². The lowest BCUT2D eigenvalue weighted by molar-refractivity contribution is 0.557. The van der Waals surface area contributed by atoms with Gasteiger partial charge < -0.3 is 5.32 Å². The summed E-state index contributed by atoms with van der Waals surface area (Å²) >= 11 is 0. The Labute approximate surface area is 112 Å². The average molecular weight is 245 g/mol. The van der Waals surface area contributed by atoms with E-state index in [1.807, 2.05) is 0 Å². The molecule has 0 spiro atoms. The summed E-state index contributed by atoms with van der Waals surface area (Å²) in [5, 5.41) is 3.47. The second-order valence-electron chi connectivity index (χ2n) is 5.32. The van der Waals surface area contributed by atoms with Crippen LogP contribution in [0.25, 0.3) is 5.57 Å². The minimum Gasteiger partial charge on any atom is -0.316 e. The van der Waals surface area contributed by atoms with Crippen LogP contribution in [0.15, 0.2) is 30.3 Å². The Hall–Kier alpha value is -1.08. The van der Waals surface area contributed by atoms with E-state index in [0.29, 0.717) is 0 Å². The largest absolute Gasteiger partial charge is 0.316 e. The summed E-state index contributed by atoms with van der Waals surface area (Å²) in [7, 11) is 0. The van der Waals surface area contributed by atoms with E-state index < -0.39 is 0 Å².